The minimum Gasteiger partial charge on any atom is -0.475 e. The van der Waals surface area contributed by atoms with Gasteiger partial charge in [0.15, 0.2) is 11.5 Å². The quantitative estimate of drug-likeness (QED) is 0.268. The molecule has 38 heavy (non-hydrogen) atoms. The van der Waals surface area contributed by atoms with Gasteiger partial charge in [-0.3, -0.25) is 0 Å². The lowest BCUT2D eigenvalue weighted by Crippen LogP contribution is -2.11. The zero-order valence-electron chi connectivity index (χ0n) is 20.2. The molecule has 0 spiro atoms. The molecular formula is C28H22F3N5O2. The number of carboxylic acid groups (broad SMARTS) is 1. The summed E-state index contributed by atoms with van der Waals surface area (Å²) in [4.78, 5) is 24.9. The number of fused-ring (bicyclic) bond motifs is 1. The van der Waals surface area contributed by atoms with Gasteiger partial charge in [-0.1, -0.05) is 66.2 Å². The Morgan fingerprint density at radius 3 is 2.32 bits per heavy atom. The summed E-state index contributed by atoms with van der Waals surface area (Å²) in [5.74, 6) is -0.968. The molecule has 3 aromatic carbocycles. The highest BCUT2D eigenvalue weighted by atomic mass is 19.4. The van der Waals surface area contributed by atoms with E-state index < -0.39 is 23.5 Å². The lowest BCUT2D eigenvalue weighted by molar-refractivity contribution is -0.137. The van der Waals surface area contributed by atoms with Gasteiger partial charge in [0.05, 0.1) is 5.56 Å². The smallest absolute Gasteiger partial charge is 0.416 e. The molecule has 0 aliphatic heterocycles. The van der Waals surface area contributed by atoms with Crippen LogP contribution in [0.2, 0.25) is 0 Å². The minimum atomic E-state index is -4.44. The second-order valence-corrected chi connectivity index (χ2v) is 8.80. The van der Waals surface area contributed by atoms with Crippen molar-refractivity contribution in [3.63, 3.8) is 0 Å². The molecule has 2 N–H and O–H groups in total. The first-order valence-electron chi connectivity index (χ1n) is 11.7. The van der Waals surface area contributed by atoms with Crippen LogP contribution in [0.5, 0.6) is 0 Å². The molecule has 0 saturated heterocycles. The first kappa shape index (κ1) is 24.9. The van der Waals surface area contributed by atoms with Gasteiger partial charge in [0.2, 0.25) is 5.82 Å². The first-order chi connectivity index (χ1) is 18.2. The van der Waals surface area contributed by atoms with Crippen molar-refractivity contribution in [3.8, 4) is 11.4 Å². The zero-order valence-corrected chi connectivity index (χ0v) is 20.2. The van der Waals surface area contributed by atoms with Gasteiger partial charge in [-0.05, 0) is 36.2 Å². The van der Waals surface area contributed by atoms with Crippen molar-refractivity contribution in [3.05, 3.63) is 107 Å². The van der Waals surface area contributed by atoms with Crippen molar-refractivity contribution >= 4 is 23.0 Å². The van der Waals surface area contributed by atoms with Crippen LogP contribution in [-0.2, 0) is 19.3 Å². The summed E-state index contributed by atoms with van der Waals surface area (Å²) in [7, 11) is 0. The topological polar surface area (TPSA) is 92.9 Å². The number of carbonyl (C=O) groups is 1. The number of nitrogens with one attached hydrogen (secondary N) is 1. The fraction of sp³-hybridized carbons (Fsp3) is 0.143. The molecule has 5 rings (SSSR count). The van der Waals surface area contributed by atoms with Crippen LogP contribution in [0, 0.1) is 6.92 Å². The number of aromatic nitrogens is 4. The van der Waals surface area contributed by atoms with E-state index in [0.29, 0.717) is 23.4 Å². The molecule has 0 saturated carbocycles. The second-order valence-electron chi connectivity index (χ2n) is 8.80. The average Bonchev–Trinajstić information content (AvgIpc) is 3.26. The van der Waals surface area contributed by atoms with E-state index in [9.17, 15) is 23.1 Å². The summed E-state index contributed by atoms with van der Waals surface area (Å²) >= 11 is 0. The molecule has 5 aromatic rings. The maximum atomic E-state index is 13.1. The number of hydrogen-bond donors (Lipinski definition) is 2. The van der Waals surface area contributed by atoms with E-state index in [1.165, 1.54) is 12.1 Å². The standard InChI is InChI=1S/C28H22F3N5O2/c1-17-6-5-9-20(14-17)26-35-24-22(36(26)16-19-10-12-21(13-11-19)28(29,30)31)23(33-25(34-24)27(37)38)32-15-18-7-3-2-4-8-18/h2-14H,15-16H2,1H3,(H,37,38)(H,32,33,34). The summed E-state index contributed by atoms with van der Waals surface area (Å²) in [6.45, 7) is 2.45. The number of anilines is 1. The fourth-order valence-electron chi connectivity index (χ4n) is 4.18. The lowest BCUT2D eigenvalue weighted by atomic mass is 10.1. The number of carboxylic acids is 1. The summed E-state index contributed by atoms with van der Waals surface area (Å²) < 4.78 is 41.2. The fourth-order valence-corrected chi connectivity index (χ4v) is 4.18. The third-order valence-corrected chi connectivity index (χ3v) is 6.00. The largest absolute Gasteiger partial charge is 0.475 e. The van der Waals surface area contributed by atoms with Crippen LogP contribution >= 0.6 is 0 Å². The third kappa shape index (κ3) is 5.19. The van der Waals surface area contributed by atoms with E-state index in [4.69, 9.17) is 0 Å². The van der Waals surface area contributed by atoms with Crippen molar-refractivity contribution in [2.45, 2.75) is 26.2 Å². The maximum Gasteiger partial charge on any atom is 0.416 e. The molecule has 192 valence electrons. The Labute approximate surface area is 215 Å². The van der Waals surface area contributed by atoms with Crippen LogP contribution in [0.1, 0.15) is 32.9 Å². The second kappa shape index (κ2) is 9.97. The van der Waals surface area contributed by atoms with E-state index in [1.54, 1.807) is 4.57 Å². The number of nitrogens with zero attached hydrogens (tertiary/aromatic N) is 4. The highest BCUT2D eigenvalue weighted by molar-refractivity contribution is 5.92. The number of benzene rings is 3. The summed E-state index contributed by atoms with van der Waals surface area (Å²) in [6, 6.07) is 22.0. The minimum absolute atomic E-state index is 0.160. The molecule has 0 amide bonds. The summed E-state index contributed by atoms with van der Waals surface area (Å²) in [5.41, 5.74) is 3.15. The molecule has 2 aromatic heterocycles. The molecule has 0 unspecified atom stereocenters. The predicted molar refractivity (Wildman–Crippen MR) is 137 cm³/mol. The van der Waals surface area contributed by atoms with Crippen molar-refractivity contribution < 1.29 is 23.1 Å². The normalized spacial score (nSPS) is 11.6. The first-order valence-corrected chi connectivity index (χ1v) is 11.7. The van der Waals surface area contributed by atoms with Crippen LogP contribution in [0.15, 0.2) is 78.9 Å². The Balaban J connectivity index is 1.67. The van der Waals surface area contributed by atoms with Crippen molar-refractivity contribution in [2.24, 2.45) is 0 Å². The highest BCUT2D eigenvalue weighted by Crippen LogP contribution is 2.32. The SMILES string of the molecule is Cc1cccc(-c2nc3nc(C(=O)O)nc(NCc4ccccc4)c3n2Cc2ccc(C(F)(F)F)cc2)c1. The third-order valence-electron chi connectivity index (χ3n) is 6.00. The van der Waals surface area contributed by atoms with E-state index in [0.717, 1.165) is 28.8 Å². The van der Waals surface area contributed by atoms with E-state index in [-0.39, 0.29) is 18.0 Å². The molecule has 0 fully saturated rings. The van der Waals surface area contributed by atoms with Gasteiger partial charge in [-0.25, -0.2) is 19.7 Å². The van der Waals surface area contributed by atoms with Crippen LogP contribution in [0.3, 0.4) is 0 Å². The van der Waals surface area contributed by atoms with Gasteiger partial charge in [0, 0.05) is 18.7 Å². The van der Waals surface area contributed by atoms with E-state index >= 15 is 0 Å². The lowest BCUT2D eigenvalue weighted by Gasteiger charge is -2.14. The van der Waals surface area contributed by atoms with Crippen LogP contribution in [-0.4, -0.2) is 30.6 Å². The number of aromatic carboxylic acids is 1. The Morgan fingerprint density at radius 1 is 0.921 bits per heavy atom. The molecule has 10 heteroatoms. The molecular weight excluding hydrogens is 495 g/mol. The molecule has 0 radical (unpaired) electrons. The van der Waals surface area contributed by atoms with Gasteiger partial charge in [-0.2, -0.15) is 13.2 Å². The van der Waals surface area contributed by atoms with Crippen molar-refractivity contribution in [2.75, 3.05) is 5.32 Å². The molecule has 0 aliphatic carbocycles. The van der Waals surface area contributed by atoms with Gasteiger partial charge in [0.25, 0.3) is 0 Å². The van der Waals surface area contributed by atoms with Crippen LogP contribution < -0.4 is 5.32 Å². The van der Waals surface area contributed by atoms with E-state index in [2.05, 4.69) is 20.3 Å². The molecule has 0 aliphatic rings. The number of rotatable bonds is 7. The highest BCUT2D eigenvalue weighted by Gasteiger charge is 2.30. The van der Waals surface area contributed by atoms with Crippen molar-refractivity contribution in [1.29, 1.82) is 0 Å². The Hall–Kier alpha value is -4.73. The van der Waals surface area contributed by atoms with Gasteiger partial charge in [-0.15, -0.1) is 0 Å². The molecule has 2 heterocycles. The Morgan fingerprint density at radius 2 is 1.66 bits per heavy atom. The van der Waals surface area contributed by atoms with Gasteiger partial charge < -0.3 is 15.0 Å². The monoisotopic (exact) mass is 517 g/mol. The maximum absolute atomic E-state index is 13.1. The number of halogens is 3. The Kier molecular flexibility index (Phi) is 6.54. The van der Waals surface area contributed by atoms with E-state index in [1.807, 2.05) is 61.5 Å². The molecule has 0 atom stereocenters. The van der Waals surface area contributed by atoms with Gasteiger partial charge in [0.1, 0.15) is 11.3 Å². The van der Waals surface area contributed by atoms with Crippen LogP contribution in [0.25, 0.3) is 22.6 Å². The Bertz CT molecular complexity index is 1610. The van der Waals surface area contributed by atoms with Gasteiger partial charge >= 0.3 is 12.1 Å². The number of aryl methyl sites for hydroxylation is 1. The molecule has 7 nitrogen and oxygen atoms in total. The van der Waals surface area contributed by atoms with Crippen molar-refractivity contribution in [1.82, 2.24) is 19.5 Å². The predicted octanol–water partition coefficient (Wildman–Crippen LogP) is 6.18. The zero-order chi connectivity index (χ0) is 26.9. The number of hydrogen-bond acceptors (Lipinski definition) is 5. The summed E-state index contributed by atoms with van der Waals surface area (Å²) in [5, 5.41) is 12.8. The summed E-state index contributed by atoms with van der Waals surface area (Å²) in [6.07, 6.45) is -4.44. The van der Waals surface area contributed by atoms with Crippen LogP contribution in [0.4, 0.5) is 19.0 Å². The number of alkyl halides is 3. The average molecular weight is 518 g/mol. The molecule has 0 bridgehead atoms. The number of imidazole rings is 1.